The van der Waals surface area contributed by atoms with Crippen molar-refractivity contribution in [1.82, 2.24) is 0 Å². The maximum Gasteiger partial charge on any atom is 0.450 e. The van der Waals surface area contributed by atoms with Crippen molar-refractivity contribution in [2.75, 3.05) is 0 Å². The van der Waals surface area contributed by atoms with Crippen LogP contribution in [0.1, 0.15) is 25.7 Å². The molecule has 2 nitrogen and oxygen atoms in total. The van der Waals surface area contributed by atoms with Crippen molar-refractivity contribution in [3.05, 3.63) is 0 Å². The van der Waals surface area contributed by atoms with Crippen molar-refractivity contribution in [2.45, 2.75) is 31.9 Å². The summed E-state index contributed by atoms with van der Waals surface area (Å²) < 4.78 is 35.7. The maximum absolute atomic E-state index is 11.9. The summed E-state index contributed by atoms with van der Waals surface area (Å²) >= 11 is 0. The standard InChI is InChI=1S/C8H9F3O2/c9-8(10,11)7(13)5-3-1-2-4-6(5)12/h5H,1-4H2/t5-/m0/s1. The van der Waals surface area contributed by atoms with E-state index in [1.807, 2.05) is 0 Å². The zero-order valence-electron chi connectivity index (χ0n) is 6.86. The highest BCUT2D eigenvalue weighted by Crippen LogP contribution is 2.28. The molecule has 5 heteroatoms. The van der Waals surface area contributed by atoms with E-state index in [9.17, 15) is 22.8 Å². The van der Waals surface area contributed by atoms with Crippen LogP contribution in [0.2, 0.25) is 0 Å². The molecule has 0 spiro atoms. The van der Waals surface area contributed by atoms with E-state index in [0.717, 1.165) is 0 Å². The van der Waals surface area contributed by atoms with E-state index in [4.69, 9.17) is 0 Å². The first-order chi connectivity index (χ1) is 5.93. The molecule has 1 rings (SSSR count). The Bertz CT molecular complexity index is 232. The second-order valence-electron chi connectivity index (χ2n) is 3.13. The molecule has 1 fully saturated rings. The SMILES string of the molecule is O=C1CCCC[C@@H]1C(=O)C(F)(F)F. The fraction of sp³-hybridized carbons (Fsp3) is 0.750. The second kappa shape index (κ2) is 3.47. The van der Waals surface area contributed by atoms with E-state index in [-0.39, 0.29) is 12.8 Å². The van der Waals surface area contributed by atoms with Crippen molar-refractivity contribution >= 4 is 11.6 Å². The largest absolute Gasteiger partial charge is 0.450 e. The number of ketones is 2. The quantitative estimate of drug-likeness (QED) is 0.597. The number of hydrogen-bond donors (Lipinski definition) is 0. The van der Waals surface area contributed by atoms with Gasteiger partial charge in [0.1, 0.15) is 5.78 Å². The fourth-order valence-corrected chi connectivity index (χ4v) is 1.46. The van der Waals surface area contributed by atoms with Gasteiger partial charge in [0.05, 0.1) is 5.92 Å². The van der Waals surface area contributed by atoms with Gasteiger partial charge >= 0.3 is 6.18 Å². The van der Waals surface area contributed by atoms with Crippen molar-refractivity contribution in [3.8, 4) is 0 Å². The topological polar surface area (TPSA) is 34.1 Å². The Kier molecular flexibility index (Phi) is 2.73. The van der Waals surface area contributed by atoms with Crippen molar-refractivity contribution in [3.63, 3.8) is 0 Å². The summed E-state index contributed by atoms with van der Waals surface area (Å²) in [5.74, 6) is -3.86. The van der Waals surface area contributed by atoms with Crippen LogP contribution in [0.3, 0.4) is 0 Å². The molecule has 1 aliphatic carbocycles. The van der Waals surface area contributed by atoms with Crippen LogP contribution in [0.5, 0.6) is 0 Å². The highest BCUT2D eigenvalue weighted by atomic mass is 19.4. The van der Waals surface area contributed by atoms with Crippen LogP contribution in [0.15, 0.2) is 0 Å². The van der Waals surface area contributed by atoms with Crippen LogP contribution >= 0.6 is 0 Å². The summed E-state index contributed by atoms with van der Waals surface area (Å²) in [6.07, 6.45) is -3.58. The molecule has 0 heterocycles. The minimum atomic E-state index is -4.86. The third-order valence-corrected chi connectivity index (χ3v) is 2.15. The molecule has 0 radical (unpaired) electrons. The molecular formula is C8H9F3O2. The van der Waals surface area contributed by atoms with Crippen LogP contribution in [0.25, 0.3) is 0 Å². The first-order valence-corrected chi connectivity index (χ1v) is 4.06. The number of rotatable bonds is 1. The number of carbonyl (C=O) groups is 2. The molecule has 0 aliphatic heterocycles. The molecule has 74 valence electrons. The lowest BCUT2D eigenvalue weighted by Gasteiger charge is -2.19. The Morgan fingerprint density at radius 3 is 2.38 bits per heavy atom. The molecule has 0 N–H and O–H groups in total. The van der Waals surface area contributed by atoms with Gasteiger partial charge in [-0.15, -0.1) is 0 Å². The lowest BCUT2D eigenvalue weighted by Crippen LogP contribution is -2.36. The average Bonchev–Trinajstić information content (AvgIpc) is 2.02. The Labute approximate surface area is 73.1 Å². The van der Waals surface area contributed by atoms with Gasteiger partial charge in [0.15, 0.2) is 0 Å². The summed E-state index contributed by atoms with van der Waals surface area (Å²) in [7, 11) is 0. The number of carbonyl (C=O) groups excluding carboxylic acids is 2. The van der Waals surface area contributed by atoms with E-state index >= 15 is 0 Å². The average molecular weight is 194 g/mol. The number of alkyl halides is 3. The van der Waals surface area contributed by atoms with E-state index in [2.05, 4.69) is 0 Å². The van der Waals surface area contributed by atoms with Crippen LogP contribution in [-0.4, -0.2) is 17.7 Å². The van der Waals surface area contributed by atoms with Gasteiger partial charge in [-0.25, -0.2) is 0 Å². The lowest BCUT2D eigenvalue weighted by atomic mass is 9.85. The number of halogens is 3. The molecule has 0 aromatic carbocycles. The highest BCUT2D eigenvalue weighted by Gasteiger charge is 2.46. The van der Waals surface area contributed by atoms with Gasteiger partial charge in [0.25, 0.3) is 0 Å². The molecule has 1 aliphatic rings. The van der Waals surface area contributed by atoms with Gasteiger partial charge in [0.2, 0.25) is 5.78 Å². The Morgan fingerprint density at radius 2 is 1.92 bits per heavy atom. The molecule has 0 saturated heterocycles. The Balaban J connectivity index is 2.70. The minimum Gasteiger partial charge on any atom is -0.299 e. The first kappa shape index (κ1) is 10.2. The third kappa shape index (κ3) is 2.29. The normalized spacial score (nSPS) is 24.5. The van der Waals surface area contributed by atoms with Gasteiger partial charge in [0, 0.05) is 6.42 Å². The molecule has 1 saturated carbocycles. The monoisotopic (exact) mass is 194 g/mol. The fourth-order valence-electron chi connectivity index (χ4n) is 1.46. The van der Waals surface area contributed by atoms with Gasteiger partial charge in [-0.1, -0.05) is 6.42 Å². The zero-order chi connectivity index (χ0) is 10.1. The van der Waals surface area contributed by atoms with E-state index in [1.165, 1.54) is 0 Å². The molecule has 0 aromatic heterocycles. The smallest absolute Gasteiger partial charge is 0.299 e. The van der Waals surface area contributed by atoms with Crippen LogP contribution < -0.4 is 0 Å². The Morgan fingerprint density at radius 1 is 1.31 bits per heavy atom. The van der Waals surface area contributed by atoms with Gasteiger partial charge in [-0.2, -0.15) is 13.2 Å². The maximum atomic E-state index is 11.9. The van der Waals surface area contributed by atoms with Crippen molar-refractivity contribution < 1.29 is 22.8 Å². The van der Waals surface area contributed by atoms with E-state index < -0.39 is 23.7 Å². The molecular weight excluding hydrogens is 185 g/mol. The summed E-state index contributed by atoms with van der Waals surface area (Å²) in [6.45, 7) is 0. The number of Topliss-reactive ketones (excluding diaryl/α,β-unsaturated/α-hetero) is 2. The van der Waals surface area contributed by atoms with Gasteiger partial charge in [-0.3, -0.25) is 9.59 Å². The lowest BCUT2D eigenvalue weighted by molar-refractivity contribution is -0.177. The third-order valence-electron chi connectivity index (χ3n) is 2.15. The second-order valence-corrected chi connectivity index (χ2v) is 3.13. The molecule has 0 aromatic rings. The molecule has 0 unspecified atom stereocenters. The Hall–Kier alpha value is -0.870. The summed E-state index contributed by atoms with van der Waals surface area (Å²) in [6, 6.07) is 0. The molecule has 13 heavy (non-hydrogen) atoms. The highest BCUT2D eigenvalue weighted by molar-refractivity contribution is 6.05. The zero-order valence-corrected chi connectivity index (χ0v) is 6.86. The molecule has 0 bridgehead atoms. The molecule has 1 atom stereocenters. The van der Waals surface area contributed by atoms with Gasteiger partial charge in [-0.05, 0) is 12.8 Å². The van der Waals surface area contributed by atoms with Crippen LogP contribution in [0, 0.1) is 5.92 Å². The van der Waals surface area contributed by atoms with Crippen molar-refractivity contribution in [2.24, 2.45) is 5.92 Å². The predicted molar refractivity (Wildman–Crippen MR) is 38.0 cm³/mol. The van der Waals surface area contributed by atoms with Crippen LogP contribution in [0.4, 0.5) is 13.2 Å². The number of hydrogen-bond acceptors (Lipinski definition) is 2. The summed E-state index contributed by atoms with van der Waals surface area (Å²) in [5.41, 5.74) is 0. The summed E-state index contributed by atoms with van der Waals surface area (Å²) in [4.78, 5) is 21.6. The predicted octanol–water partition coefficient (Wildman–Crippen LogP) is 1.88. The van der Waals surface area contributed by atoms with E-state index in [0.29, 0.717) is 12.8 Å². The van der Waals surface area contributed by atoms with E-state index in [1.54, 1.807) is 0 Å². The summed E-state index contributed by atoms with van der Waals surface area (Å²) in [5, 5.41) is 0. The van der Waals surface area contributed by atoms with Gasteiger partial charge < -0.3 is 0 Å². The van der Waals surface area contributed by atoms with Crippen LogP contribution in [-0.2, 0) is 9.59 Å². The first-order valence-electron chi connectivity index (χ1n) is 4.06. The molecule has 0 amide bonds. The van der Waals surface area contributed by atoms with Crippen molar-refractivity contribution in [1.29, 1.82) is 0 Å². The minimum absolute atomic E-state index is 0.0528.